The highest BCUT2D eigenvalue weighted by Crippen LogP contribution is 2.67. The molecule has 5 aliphatic rings. The lowest BCUT2D eigenvalue weighted by Crippen LogP contribution is -2.79. The zero-order valence-electron chi connectivity index (χ0n) is 16.8. The first-order valence-corrected chi connectivity index (χ1v) is 10.7. The Morgan fingerprint density at radius 1 is 1.19 bits per heavy atom. The van der Waals surface area contributed by atoms with Crippen LogP contribution in [0.15, 0.2) is 18.2 Å². The number of carbonyl (C=O) groups excluding carboxylic acids is 3. The molecule has 2 bridgehead atoms. The Morgan fingerprint density at radius 3 is 2.53 bits per heavy atom. The topological polar surface area (TPSA) is 93.7 Å². The van der Waals surface area contributed by atoms with Gasteiger partial charge in [-0.2, -0.15) is 0 Å². The Hall–Kier alpha value is -2.33. The van der Waals surface area contributed by atoms with Crippen LogP contribution in [0.1, 0.15) is 48.9 Å². The van der Waals surface area contributed by atoms with Gasteiger partial charge in [0.25, 0.3) is 5.91 Å². The minimum absolute atomic E-state index is 0.0935. The van der Waals surface area contributed by atoms with Crippen LogP contribution in [-0.4, -0.2) is 47.7 Å². The molecule has 11 heteroatoms. The number of fused-ring (bicyclic) bond motifs is 1. The van der Waals surface area contributed by atoms with E-state index in [2.05, 4.69) is 15.4 Å². The second kappa shape index (κ2) is 7.08. The normalized spacial score (nSPS) is 34.8. The summed E-state index contributed by atoms with van der Waals surface area (Å²) in [6.07, 6.45) is -5.00. The number of ketones is 1. The third-order valence-electron chi connectivity index (χ3n) is 6.81. The van der Waals surface area contributed by atoms with E-state index in [4.69, 9.17) is 16.3 Å². The van der Waals surface area contributed by atoms with Crippen molar-refractivity contribution in [3.63, 3.8) is 0 Å². The molecular formula is C21H20ClF3N2O5. The number of benzene rings is 1. The van der Waals surface area contributed by atoms with E-state index in [1.165, 1.54) is 6.07 Å². The van der Waals surface area contributed by atoms with Crippen molar-refractivity contribution in [2.75, 3.05) is 0 Å². The second-order valence-electron chi connectivity index (χ2n) is 9.28. The maximum Gasteiger partial charge on any atom is 0.522 e. The van der Waals surface area contributed by atoms with Gasteiger partial charge >= 0.3 is 6.36 Å². The van der Waals surface area contributed by atoms with Crippen LogP contribution in [0.25, 0.3) is 0 Å². The molecule has 6 rings (SSSR count). The minimum atomic E-state index is -4.67. The molecule has 0 radical (unpaired) electrons. The first-order valence-electron chi connectivity index (χ1n) is 10.3. The monoisotopic (exact) mass is 472 g/mol. The van der Waals surface area contributed by atoms with Gasteiger partial charge in [0.15, 0.2) is 11.9 Å². The number of carbonyl (C=O) groups is 3. The smallest absolute Gasteiger partial charge is 0.479 e. The number of hydrogen-bond donors (Lipinski definition) is 2. The summed E-state index contributed by atoms with van der Waals surface area (Å²) in [6.45, 7) is 0. The number of amides is 2. The van der Waals surface area contributed by atoms with E-state index in [0.717, 1.165) is 0 Å². The SMILES string of the molecule is O=C1C[C@H](C(=O)NC23CC(C(=O)NC4CC(OC(F)(F)F)C4)(C2)C3)Oc2ccc(Cl)cc21. The van der Waals surface area contributed by atoms with E-state index in [1.54, 1.807) is 12.1 Å². The van der Waals surface area contributed by atoms with Gasteiger partial charge in [-0.15, -0.1) is 13.2 Å². The summed E-state index contributed by atoms with van der Waals surface area (Å²) in [7, 11) is 0. The van der Waals surface area contributed by atoms with Gasteiger partial charge in [0.05, 0.1) is 23.5 Å². The number of alkyl halides is 3. The molecule has 0 saturated heterocycles. The Kier molecular flexibility index (Phi) is 4.76. The number of rotatable bonds is 5. The highest BCUT2D eigenvalue weighted by atomic mass is 35.5. The average Bonchev–Trinajstić information content (AvgIpc) is 2.60. The van der Waals surface area contributed by atoms with Crippen molar-refractivity contribution in [2.24, 2.45) is 5.41 Å². The summed E-state index contributed by atoms with van der Waals surface area (Å²) >= 11 is 5.90. The summed E-state index contributed by atoms with van der Waals surface area (Å²) in [5.74, 6) is -0.513. The molecule has 2 N–H and O–H groups in total. The number of ether oxygens (including phenoxy) is 2. The summed E-state index contributed by atoms with van der Waals surface area (Å²) in [5, 5.41) is 6.11. The zero-order valence-corrected chi connectivity index (χ0v) is 17.5. The molecule has 1 heterocycles. The Labute approximate surface area is 185 Å². The molecule has 2 amide bonds. The van der Waals surface area contributed by atoms with Crippen molar-refractivity contribution in [1.82, 2.24) is 10.6 Å². The number of nitrogens with one attached hydrogen (secondary N) is 2. The van der Waals surface area contributed by atoms with E-state index in [1.807, 2.05) is 0 Å². The Bertz CT molecular complexity index is 988. The molecule has 0 aromatic heterocycles. The lowest BCUT2D eigenvalue weighted by atomic mass is 9.39. The molecule has 4 saturated carbocycles. The van der Waals surface area contributed by atoms with Crippen LogP contribution in [0.3, 0.4) is 0 Å². The van der Waals surface area contributed by atoms with Crippen molar-refractivity contribution in [1.29, 1.82) is 0 Å². The van der Waals surface area contributed by atoms with Crippen LogP contribution in [0.2, 0.25) is 5.02 Å². The molecule has 0 unspecified atom stereocenters. The van der Waals surface area contributed by atoms with Crippen molar-refractivity contribution < 1.29 is 37.0 Å². The fourth-order valence-corrected chi connectivity index (χ4v) is 5.42. The predicted molar refractivity (Wildman–Crippen MR) is 104 cm³/mol. The molecule has 1 atom stereocenters. The van der Waals surface area contributed by atoms with Crippen LogP contribution < -0.4 is 15.4 Å². The van der Waals surface area contributed by atoms with E-state index in [9.17, 15) is 27.6 Å². The molecule has 0 spiro atoms. The number of halogens is 4. The van der Waals surface area contributed by atoms with Crippen LogP contribution in [0.4, 0.5) is 13.2 Å². The first kappa shape index (κ1) is 21.5. The van der Waals surface area contributed by atoms with Gasteiger partial charge in [-0.1, -0.05) is 11.6 Å². The first-order chi connectivity index (χ1) is 15.0. The third-order valence-corrected chi connectivity index (χ3v) is 7.04. The minimum Gasteiger partial charge on any atom is -0.479 e. The maximum absolute atomic E-state index is 12.7. The Morgan fingerprint density at radius 2 is 1.88 bits per heavy atom. The largest absolute Gasteiger partial charge is 0.522 e. The summed E-state index contributed by atoms with van der Waals surface area (Å²) in [6, 6.07) is 4.32. The molecule has 1 aromatic carbocycles. The Balaban J connectivity index is 1.10. The summed E-state index contributed by atoms with van der Waals surface area (Å²) in [4.78, 5) is 37.6. The fourth-order valence-electron chi connectivity index (χ4n) is 5.25. The highest BCUT2D eigenvalue weighted by molar-refractivity contribution is 6.31. The lowest BCUT2D eigenvalue weighted by Gasteiger charge is -2.69. The zero-order chi connectivity index (χ0) is 22.9. The standard InChI is InChI=1S/C21H20ClF3N2O5/c22-10-1-2-15-13(3-10)14(28)6-16(31-15)17(29)27-20-7-19(8-20,9-20)18(30)26-11-4-12(5-11)32-21(23,24)25/h1-3,11-12,16H,4-9H2,(H,26,30)(H,27,29)/t11?,12?,16-,19?,20?/m1/s1. The van der Waals surface area contributed by atoms with Crippen molar-refractivity contribution in [2.45, 2.75) is 68.7 Å². The fraction of sp³-hybridized carbons (Fsp3) is 0.571. The second-order valence-corrected chi connectivity index (χ2v) is 9.72. The molecule has 172 valence electrons. The van der Waals surface area contributed by atoms with E-state index >= 15 is 0 Å². The van der Waals surface area contributed by atoms with Gasteiger partial charge in [0.1, 0.15) is 5.75 Å². The molecule has 4 aliphatic carbocycles. The average molecular weight is 473 g/mol. The molecule has 1 aliphatic heterocycles. The maximum atomic E-state index is 12.7. The van der Waals surface area contributed by atoms with Crippen LogP contribution in [0, 0.1) is 5.41 Å². The molecule has 7 nitrogen and oxygen atoms in total. The van der Waals surface area contributed by atoms with Gasteiger partial charge in [-0.05, 0) is 50.3 Å². The van der Waals surface area contributed by atoms with Crippen LogP contribution in [0.5, 0.6) is 5.75 Å². The highest BCUT2D eigenvalue weighted by Gasteiger charge is 2.72. The molecule has 32 heavy (non-hydrogen) atoms. The van der Waals surface area contributed by atoms with Crippen molar-refractivity contribution >= 4 is 29.2 Å². The lowest BCUT2D eigenvalue weighted by molar-refractivity contribution is -0.352. The van der Waals surface area contributed by atoms with E-state index in [0.29, 0.717) is 35.6 Å². The van der Waals surface area contributed by atoms with Gasteiger partial charge in [0, 0.05) is 16.6 Å². The van der Waals surface area contributed by atoms with Gasteiger partial charge in [0.2, 0.25) is 5.91 Å². The van der Waals surface area contributed by atoms with Gasteiger partial charge < -0.3 is 15.4 Å². The van der Waals surface area contributed by atoms with Crippen molar-refractivity contribution in [3.8, 4) is 5.75 Å². The van der Waals surface area contributed by atoms with Crippen LogP contribution >= 0.6 is 11.6 Å². The van der Waals surface area contributed by atoms with Gasteiger partial charge in [-0.25, -0.2) is 0 Å². The van der Waals surface area contributed by atoms with Crippen molar-refractivity contribution in [3.05, 3.63) is 28.8 Å². The predicted octanol–water partition coefficient (Wildman–Crippen LogP) is 2.90. The summed E-state index contributed by atoms with van der Waals surface area (Å²) < 4.78 is 46.2. The van der Waals surface area contributed by atoms with Crippen LogP contribution in [-0.2, 0) is 14.3 Å². The molecule has 4 fully saturated rings. The van der Waals surface area contributed by atoms with E-state index < -0.39 is 35.4 Å². The number of Topliss-reactive ketones (excluding diaryl/α,β-unsaturated/α-hetero) is 1. The quantitative estimate of drug-likeness (QED) is 0.687. The molecular weight excluding hydrogens is 453 g/mol. The van der Waals surface area contributed by atoms with Gasteiger partial charge in [-0.3, -0.25) is 19.1 Å². The van der Waals surface area contributed by atoms with E-state index in [-0.39, 0.29) is 37.0 Å². The number of hydrogen-bond acceptors (Lipinski definition) is 5. The summed E-state index contributed by atoms with van der Waals surface area (Å²) in [5.41, 5.74) is -0.736. The molecule has 1 aromatic rings. The third kappa shape index (κ3) is 3.73.